The van der Waals surface area contributed by atoms with Gasteiger partial charge in [-0.2, -0.15) is 0 Å². The van der Waals surface area contributed by atoms with Gasteiger partial charge in [0.2, 0.25) is 0 Å². The molecule has 1 aromatic heterocycles. The van der Waals surface area contributed by atoms with Crippen molar-refractivity contribution in [2.24, 2.45) is 0 Å². The highest BCUT2D eigenvalue weighted by Gasteiger charge is 2.21. The quantitative estimate of drug-likeness (QED) is 0.868. The summed E-state index contributed by atoms with van der Waals surface area (Å²) in [5, 5.41) is 10.5. The lowest BCUT2D eigenvalue weighted by molar-refractivity contribution is -0.131. The van der Waals surface area contributed by atoms with Crippen molar-refractivity contribution in [2.45, 2.75) is 19.4 Å². The highest BCUT2D eigenvalue weighted by molar-refractivity contribution is 7.11. The fourth-order valence-electron chi connectivity index (χ4n) is 2.21. The molecule has 0 spiro atoms. The number of aliphatic carboxylic acids is 1. The summed E-state index contributed by atoms with van der Waals surface area (Å²) in [6.45, 7) is 2.24. The molecule has 5 nitrogen and oxygen atoms in total. The van der Waals surface area contributed by atoms with E-state index in [1.54, 1.807) is 18.0 Å². The van der Waals surface area contributed by atoms with Crippen LogP contribution in [0.2, 0.25) is 0 Å². The molecule has 0 bridgehead atoms. The third-order valence-electron chi connectivity index (χ3n) is 3.19. The molecular weight excluding hydrogens is 276 g/mol. The fraction of sp³-hybridized carbons (Fsp3) is 0.429. The molecule has 1 aromatic rings. The molecule has 1 aliphatic rings. The third-order valence-corrected chi connectivity index (χ3v) is 4.13. The first kappa shape index (κ1) is 14.6. The number of hydrogen-bond acceptors (Lipinski definition) is 3. The number of urea groups is 1. The van der Waals surface area contributed by atoms with E-state index >= 15 is 0 Å². The molecule has 2 heterocycles. The highest BCUT2D eigenvalue weighted by atomic mass is 32.1. The Hall–Kier alpha value is -1.82. The second kappa shape index (κ2) is 6.56. The van der Waals surface area contributed by atoms with Crippen LogP contribution >= 0.6 is 11.3 Å². The van der Waals surface area contributed by atoms with Crippen LogP contribution in [0.15, 0.2) is 17.5 Å². The molecule has 20 heavy (non-hydrogen) atoms. The van der Waals surface area contributed by atoms with E-state index in [9.17, 15) is 9.59 Å². The lowest BCUT2D eigenvalue weighted by Crippen LogP contribution is -2.38. The Morgan fingerprint density at radius 2 is 2.15 bits per heavy atom. The van der Waals surface area contributed by atoms with Gasteiger partial charge in [-0.15, -0.1) is 11.3 Å². The monoisotopic (exact) mass is 294 g/mol. The third kappa shape index (κ3) is 3.84. The van der Waals surface area contributed by atoms with Crippen molar-refractivity contribution in [3.63, 3.8) is 0 Å². The molecule has 1 saturated heterocycles. The number of nitrogens with zero attached hydrogens (tertiary/aromatic N) is 2. The molecule has 1 aliphatic heterocycles. The molecule has 0 saturated carbocycles. The van der Waals surface area contributed by atoms with Gasteiger partial charge in [0.05, 0.1) is 0 Å². The molecule has 2 amide bonds. The van der Waals surface area contributed by atoms with Crippen LogP contribution < -0.4 is 0 Å². The van der Waals surface area contributed by atoms with Crippen LogP contribution in [-0.2, 0) is 11.3 Å². The van der Waals surface area contributed by atoms with Crippen LogP contribution in [0.25, 0.3) is 6.08 Å². The first-order chi connectivity index (χ1) is 9.56. The van der Waals surface area contributed by atoms with Gasteiger partial charge in [0.15, 0.2) is 0 Å². The number of carbonyl (C=O) groups is 2. The largest absolute Gasteiger partial charge is 0.478 e. The van der Waals surface area contributed by atoms with Crippen LogP contribution in [-0.4, -0.2) is 47.0 Å². The Balaban J connectivity index is 1.92. The van der Waals surface area contributed by atoms with Gasteiger partial charge >= 0.3 is 12.0 Å². The van der Waals surface area contributed by atoms with E-state index in [1.165, 1.54) is 11.3 Å². The maximum atomic E-state index is 12.1. The number of rotatable bonds is 4. The van der Waals surface area contributed by atoms with Gasteiger partial charge in [0.25, 0.3) is 0 Å². The second-order valence-corrected chi connectivity index (χ2v) is 5.80. The van der Waals surface area contributed by atoms with E-state index in [0.717, 1.165) is 42.4 Å². The highest BCUT2D eigenvalue weighted by Crippen LogP contribution is 2.18. The molecule has 108 valence electrons. The Kier molecular flexibility index (Phi) is 4.79. The van der Waals surface area contributed by atoms with Crippen LogP contribution in [0.3, 0.4) is 0 Å². The van der Waals surface area contributed by atoms with Crippen molar-refractivity contribution in [1.82, 2.24) is 9.80 Å². The summed E-state index contributed by atoms with van der Waals surface area (Å²) >= 11 is 1.48. The van der Waals surface area contributed by atoms with E-state index in [4.69, 9.17) is 5.11 Å². The summed E-state index contributed by atoms with van der Waals surface area (Å²) in [6.07, 6.45) is 4.86. The van der Waals surface area contributed by atoms with E-state index in [2.05, 4.69) is 0 Å². The zero-order valence-electron chi connectivity index (χ0n) is 11.4. The van der Waals surface area contributed by atoms with Crippen LogP contribution in [0, 0.1) is 0 Å². The molecule has 0 radical (unpaired) electrons. The van der Waals surface area contributed by atoms with Gasteiger partial charge in [-0.05, 0) is 35.9 Å². The van der Waals surface area contributed by atoms with Gasteiger partial charge in [0.1, 0.15) is 0 Å². The lowest BCUT2D eigenvalue weighted by Gasteiger charge is -2.23. The number of amides is 2. The van der Waals surface area contributed by atoms with Gasteiger partial charge in [0, 0.05) is 37.6 Å². The Bertz CT molecular complexity index is 518. The normalized spacial score (nSPS) is 14.9. The molecule has 1 N–H and O–H groups in total. The minimum atomic E-state index is -0.957. The average Bonchev–Trinajstić information content (AvgIpc) is 3.06. The Morgan fingerprint density at radius 1 is 1.45 bits per heavy atom. The van der Waals surface area contributed by atoms with Crippen molar-refractivity contribution >= 4 is 29.4 Å². The number of thiophene rings is 1. The van der Waals surface area contributed by atoms with E-state index in [0.29, 0.717) is 6.54 Å². The predicted molar refractivity (Wildman–Crippen MR) is 78.7 cm³/mol. The molecule has 0 aromatic carbocycles. The molecule has 0 aliphatic carbocycles. The molecule has 0 atom stereocenters. The molecule has 1 fully saturated rings. The number of carboxylic acid groups (broad SMARTS) is 1. The number of likely N-dealkylation sites (tertiary alicyclic amines) is 1. The minimum Gasteiger partial charge on any atom is -0.478 e. The van der Waals surface area contributed by atoms with Crippen molar-refractivity contribution < 1.29 is 14.7 Å². The molecule has 2 rings (SSSR count). The van der Waals surface area contributed by atoms with Crippen LogP contribution in [0.1, 0.15) is 23.3 Å². The predicted octanol–water partition coefficient (Wildman–Crippen LogP) is 2.49. The summed E-state index contributed by atoms with van der Waals surface area (Å²) in [7, 11) is 1.80. The van der Waals surface area contributed by atoms with E-state index in [1.807, 2.05) is 16.3 Å². The first-order valence-electron chi connectivity index (χ1n) is 6.55. The van der Waals surface area contributed by atoms with Gasteiger partial charge in [-0.25, -0.2) is 9.59 Å². The lowest BCUT2D eigenvalue weighted by atomic mass is 10.3. The zero-order chi connectivity index (χ0) is 14.5. The maximum absolute atomic E-state index is 12.1. The summed E-state index contributed by atoms with van der Waals surface area (Å²) in [4.78, 5) is 27.0. The van der Waals surface area contributed by atoms with Crippen molar-refractivity contribution in [2.75, 3.05) is 20.1 Å². The minimum absolute atomic E-state index is 0.0660. The van der Waals surface area contributed by atoms with Crippen molar-refractivity contribution in [3.8, 4) is 0 Å². The summed E-state index contributed by atoms with van der Waals surface area (Å²) < 4.78 is 0. The van der Waals surface area contributed by atoms with Crippen LogP contribution in [0.4, 0.5) is 4.79 Å². The average molecular weight is 294 g/mol. The fourth-order valence-corrected chi connectivity index (χ4v) is 3.01. The van der Waals surface area contributed by atoms with E-state index in [-0.39, 0.29) is 6.03 Å². The summed E-state index contributed by atoms with van der Waals surface area (Å²) in [5.41, 5.74) is 1.02. The second-order valence-electron chi connectivity index (χ2n) is 4.86. The number of carboxylic acids is 1. The number of hydrogen-bond donors (Lipinski definition) is 1. The SMILES string of the molecule is CN(Cc1csc(C=CC(=O)O)c1)C(=O)N1CCCC1. The maximum Gasteiger partial charge on any atom is 0.328 e. The Morgan fingerprint density at radius 3 is 2.80 bits per heavy atom. The molecular formula is C14H18N2O3S. The standard InChI is InChI=1S/C14H18N2O3S/c1-15(14(19)16-6-2-3-7-16)9-11-8-12(20-10-11)4-5-13(17)18/h4-5,8,10H,2-3,6-7,9H2,1H3,(H,17,18). The summed E-state index contributed by atoms with van der Waals surface area (Å²) in [6, 6.07) is 1.98. The van der Waals surface area contributed by atoms with Crippen LogP contribution in [0.5, 0.6) is 0 Å². The Labute approximate surface area is 122 Å². The summed E-state index contributed by atoms with van der Waals surface area (Å²) in [5.74, 6) is -0.957. The van der Waals surface area contributed by atoms with E-state index < -0.39 is 5.97 Å². The smallest absolute Gasteiger partial charge is 0.328 e. The van der Waals surface area contributed by atoms with Crippen molar-refractivity contribution in [1.29, 1.82) is 0 Å². The van der Waals surface area contributed by atoms with Crippen molar-refractivity contribution in [3.05, 3.63) is 28.0 Å². The van der Waals surface area contributed by atoms with Gasteiger partial charge in [-0.3, -0.25) is 0 Å². The zero-order valence-corrected chi connectivity index (χ0v) is 12.2. The first-order valence-corrected chi connectivity index (χ1v) is 7.42. The molecule has 0 unspecified atom stereocenters. The van der Waals surface area contributed by atoms with Gasteiger partial charge < -0.3 is 14.9 Å². The number of carbonyl (C=O) groups excluding carboxylic acids is 1. The topological polar surface area (TPSA) is 60.9 Å². The van der Waals surface area contributed by atoms with Gasteiger partial charge in [-0.1, -0.05) is 0 Å². The molecule has 6 heteroatoms.